The largest absolute Gasteiger partial charge is 0.324 e. The minimum Gasteiger partial charge on any atom is -0.324 e. The Morgan fingerprint density at radius 3 is 2.08 bits per heavy atom. The van der Waals surface area contributed by atoms with Gasteiger partial charge < -0.3 is 5.73 Å². The lowest BCUT2D eigenvalue weighted by Gasteiger charge is -2.15. The molecule has 2 heteroatoms. The summed E-state index contributed by atoms with van der Waals surface area (Å²) >= 11 is 4.21. The number of rotatable bonds is 2. The third-order valence-corrected chi connectivity index (χ3v) is 2.29. The molecule has 0 fully saturated rings. The van der Waals surface area contributed by atoms with Gasteiger partial charge in [0.25, 0.3) is 0 Å². The van der Waals surface area contributed by atoms with E-state index in [0.717, 1.165) is 4.90 Å². The molecule has 0 aromatic heterocycles. The molecular weight excluding hydrogens is 166 g/mol. The number of hydrogen-bond acceptors (Lipinski definition) is 2. The van der Waals surface area contributed by atoms with Crippen LogP contribution in [-0.2, 0) is 0 Å². The fraction of sp³-hybridized carbons (Fsp3) is 0.400. The molecule has 2 N–H and O–H groups in total. The molecule has 0 saturated carbocycles. The lowest BCUT2D eigenvalue weighted by Crippen LogP contribution is -2.16. The van der Waals surface area contributed by atoms with Gasteiger partial charge in [-0.15, -0.1) is 12.6 Å². The van der Waals surface area contributed by atoms with Crippen LogP contribution < -0.4 is 5.73 Å². The molecule has 12 heavy (non-hydrogen) atoms. The summed E-state index contributed by atoms with van der Waals surface area (Å²) in [5, 5.41) is 0. The first-order valence-corrected chi connectivity index (χ1v) is 4.60. The molecule has 1 aromatic rings. The van der Waals surface area contributed by atoms with Gasteiger partial charge in [-0.1, -0.05) is 26.0 Å². The van der Waals surface area contributed by atoms with E-state index < -0.39 is 0 Å². The topological polar surface area (TPSA) is 26.0 Å². The molecule has 1 nitrogen and oxygen atoms in total. The Kier molecular flexibility index (Phi) is 3.18. The van der Waals surface area contributed by atoms with E-state index in [9.17, 15) is 0 Å². The van der Waals surface area contributed by atoms with Gasteiger partial charge in [-0.3, -0.25) is 0 Å². The normalized spacial score (nSPS) is 13.4. The molecule has 0 heterocycles. The highest BCUT2D eigenvalue weighted by atomic mass is 32.1. The number of hydrogen-bond donors (Lipinski definition) is 2. The van der Waals surface area contributed by atoms with Crippen molar-refractivity contribution in [3.8, 4) is 0 Å². The summed E-state index contributed by atoms with van der Waals surface area (Å²) < 4.78 is 0. The first kappa shape index (κ1) is 9.62. The molecule has 1 aromatic carbocycles. The van der Waals surface area contributed by atoms with Gasteiger partial charge in [0.2, 0.25) is 0 Å². The van der Waals surface area contributed by atoms with Crippen molar-refractivity contribution in [2.45, 2.75) is 24.8 Å². The maximum Gasteiger partial charge on any atom is 0.0318 e. The lowest BCUT2D eigenvalue weighted by atomic mass is 9.97. The van der Waals surface area contributed by atoms with Crippen LogP contribution in [0.3, 0.4) is 0 Å². The van der Waals surface area contributed by atoms with Crippen LogP contribution in [0.5, 0.6) is 0 Å². The summed E-state index contributed by atoms with van der Waals surface area (Å²) in [6.07, 6.45) is 0. The Morgan fingerprint density at radius 2 is 1.67 bits per heavy atom. The molecule has 0 aliphatic carbocycles. The SMILES string of the molecule is CC(C)[C@@H](N)c1ccc(S)cc1. The van der Waals surface area contributed by atoms with Gasteiger partial charge in [0.05, 0.1) is 0 Å². The Hall–Kier alpha value is -0.470. The molecule has 1 rings (SSSR count). The second-order valence-electron chi connectivity index (χ2n) is 3.36. The van der Waals surface area contributed by atoms with E-state index in [2.05, 4.69) is 26.5 Å². The first-order valence-electron chi connectivity index (χ1n) is 4.16. The van der Waals surface area contributed by atoms with Crippen LogP contribution in [-0.4, -0.2) is 0 Å². The van der Waals surface area contributed by atoms with Crippen LogP contribution in [0.4, 0.5) is 0 Å². The molecule has 0 radical (unpaired) electrons. The van der Waals surface area contributed by atoms with Crippen molar-refractivity contribution >= 4 is 12.6 Å². The predicted molar refractivity (Wildman–Crippen MR) is 55.5 cm³/mol. The van der Waals surface area contributed by atoms with Crippen molar-refractivity contribution in [2.75, 3.05) is 0 Å². The van der Waals surface area contributed by atoms with Crippen molar-refractivity contribution in [2.24, 2.45) is 11.7 Å². The zero-order valence-electron chi connectivity index (χ0n) is 7.49. The van der Waals surface area contributed by atoms with Crippen LogP contribution in [0.2, 0.25) is 0 Å². The van der Waals surface area contributed by atoms with E-state index in [4.69, 9.17) is 5.73 Å². The van der Waals surface area contributed by atoms with Crippen LogP contribution in [0.1, 0.15) is 25.5 Å². The van der Waals surface area contributed by atoms with Gasteiger partial charge in [0.1, 0.15) is 0 Å². The van der Waals surface area contributed by atoms with Crippen molar-refractivity contribution in [3.63, 3.8) is 0 Å². The molecule has 0 amide bonds. The molecular formula is C10H15NS. The molecule has 0 spiro atoms. The van der Waals surface area contributed by atoms with Gasteiger partial charge in [-0.05, 0) is 23.6 Å². The van der Waals surface area contributed by atoms with Crippen LogP contribution >= 0.6 is 12.6 Å². The maximum atomic E-state index is 5.96. The standard InChI is InChI=1S/C10H15NS/c1-7(2)10(11)8-3-5-9(12)6-4-8/h3-7,10,12H,11H2,1-2H3/t10-/m1/s1. The first-order chi connectivity index (χ1) is 5.61. The van der Waals surface area contributed by atoms with Crippen molar-refractivity contribution in [1.29, 1.82) is 0 Å². The van der Waals surface area contributed by atoms with Crippen molar-refractivity contribution in [3.05, 3.63) is 29.8 Å². The zero-order valence-corrected chi connectivity index (χ0v) is 8.38. The number of nitrogens with two attached hydrogens (primary N) is 1. The van der Waals surface area contributed by atoms with E-state index >= 15 is 0 Å². The third kappa shape index (κ3) is 2.26. The summed E-state index contributed by atoms with van der Waals surface area (Å²) in [4.78, 5) is 0.981. The summed E-state index contributed by atoms with van der Waals surface area (Å²) in [5.74, 6) is 0.482. The molecule has 0 aliphatic rings. The third-order valence-electron chi connectivity index (χ3n) is 2.00. The van der Waals surface area contributed by atoms with Gasteiger partial charge in [-0.25, -0.2) is 0 Å². The van der Waals surface area contributed by atoms with Gasteiger partial charge >= 0.3 is 0 Å². The molecule has 1 atom stereocenters. The second-order valence-corrected chi connectivity index (χ2v) is 3.88. The Labute approximate surface area is 79.4 Å². The Morgan fingerprint density at radius 1 is 1.17 bits per heavy atom. The van der Waals surface area contributed by atoms with Gasteiger partial charge in [0.15, 0.2) is 0 Å². The highest BCUT2D eigenvalue weighted by Gasteiger charge is 2.08. The van der Waals surface area contributed by atoms with Gasteiger partial charge in [-0.2, -0.15) is 0 Å². The smallest absolute Gasteiger partial charge is 0.0318 e. The van der Waals surface area contributed by atoms with Crippen molar-refractivity contribution in [1.82, 2.24) is 0 Å². The highest BCUT2D eigenvalue weighted by Crippen LogP contribution is 2.19. The van der Waals surface area contributed by atoms with Gasteiger partial charge in [0, 0.05) is 10.9 Å². The number of benzene rings is 1. The average Bonchev–Trinajstić information content (AvgIpc) is 2.04. The fourth-order valence-corrected chi connectivity index (χ4v) is 1.23. The summed E-state index contributed by atoms with van der Waals surface area (Å²) in [5.41, 5.74) is 7.15. The van der Waals surface area contributed by atoms with E-state index in [1.54, 1.807) is 0 Å². The van der Waals surface area contributed by atoms with E-state index in [1.165, 1.54) is 5.56 Å². The molecule has 0 unspecified atom stereocenters. The Bertz CT molecular complexity index is 241. The highest BCUT2D eigenvalue weighted by molar-refractivity contribution is 7.80. The number of thiol groups is 1. The summed E-state index contributed by atoms with van der Waals surface area (Å²) in [6.45, 7) is 4.25. The summed E-state index contributed by atoms with van der Waals surface area (Å²) in [6, 6.07) is 8.15. The lowest BCUT2D eigenvalue weighted by molar-refractivity contribution is 0.514. The van der Waals surface area contributed by atoms with E-state index in [0.29, 0.717) is 5.92 Å². The predicted octanol–water partition coefficient (Wildman–Crippen LogP) is 2.63. The minimum absolute atomic E-state index is 0.138. The molecule has 66 valence electrons. The summed E-state index contributed by atoms with van der Waals surface area (Å²) in [7, 11) is 0. The van der Waals surface area contributed by atoms with Crippen LogP contribution in [0.15, 0.2) is 29.2 Å². The van der Waals surface area contributed by atoms with Crippen molar-refractivity contribution < 1.29 is 0 Å². The Balaban J connectivity index is 2.82. The zero-order chi connectivity index (χ0) is 9.14. The fourth-order valence-electron chi connectivity index (χ4n) is 1.08. The van der Waals surface area contributed by atoms with Crippen LogP contribution in [0.25, 0.3) is 0 Å². The quantitative estimate of drug-likeness (QED) is 0.674. The maximum absolute atomic E-state index is 5.96. The molecule has 0 aliphatic heterocycles. The molecule has 0 bridgehead atoms. The second kappa shape index (κ2) is 3.97. The minimum atomic E-state index is 0.138. The van der Waals surface area contributed by atoms with Crippen LogP contribution in [0, 0.1) is 5.92 Å². The molecule has 0 saturated heterocycles. The van der Waals surface area contributed by atoms with E-state index in [1.807, 2.05) is 24.3 Å². The van der Waals surface area contributed by atoms with E-state index in [-0.39, 0.29) is 6.04 Å². The monoisotopic (exact) mass is 181 g/mol. The average molecular weight is 181 g/mol.